The maximum absolute atomic E-state index is 13.8. The summed E-state index contributed by atoms with van der Waals surface area (Å²) in [4.78, 5) is 26.6. The number of rotatable bonds is 3. The SMILES string of the molecule is CCC1OC(=O)Nc2ncnc(-c3cc(C(F)(F)F)cc(N4CC5CCC(C4)N5)n3)c21. The molecule has 5 heterocycles. The van der Waals surface area contributed by atoms with Gasteiger partial charge in [0.15, 0.2) is 0 Å². The van der Waals surface area contributed by atoms with Crippen molar-refractivity contribution < 1.29 is 22.7 Å². The Hall–Kier alpha value is -2.95. The first-order chi connectivity index (χ1) is 14.8. The number of alkyl halides is 3. The van der Waals surface area contributed by atoms with Crippen molar-refractivity contribution in [2.75, 3.05) is 23.3 Å². The summed E-state index contributed by atoms with van der Waals surface area (Å²) in [7, 11) is 0. The molecule has 0 spiro atoms. The third-order valence-electron chi connectivity index (χ3n) is 5.97. The van der Waals surface area contributed by atoms with Crippen molar-refractivity contribution in [2.24, 2.45) is 0 Å². The first-order valence-electron chi connectivity index (χ1n) is 10.2. The molecule has 2 fully saturated rings. The third-order valence-corrected chi connectivity index (χ3v) is 5.97. The number of carbonyl (C=O) groups is 1. The van der Waals surface area contributed by atoms with Crippen molar-refractivity contribution in [2.45, 2.75) is 50.6 Å². The van der Waals surface area contributed by atoms with Crippen molar-refractivity contribution in [1.82, 2.24) is 20.3 Å². The van der Waals surface area contributed by atoms with Gasteiger partial charge >= 0.3 is 12.3 Å². The van der Waals surface area contributed by atoms with Crippen LogP contribution in [-0.4, -0.2) is 46.2 Å². The smallest absolute Gasteiger partial charge is 0.416 e. The first kappa shape index (κ1) is 20.0. The Bertz CT molecular complexity index is 1020. The van der Waals surface area contributed by atoms with Crippen molar-refractivity contribution in [3.05, 3.63) is 29.6 Å². The molecule has 2 N–H and O–H groups in total. The number of hydrogen-bond acceptors (Lipinski definition) is 7. The van der Waals surface area contributed by atoms with Crippen LogP contribution in [0.4, 0.5) is 29.6 Å². The summed E-state index contributed by atoms with van der Waals surface area (Å²) in [5.74, 6) is 0.499. The minimum Gasteiger partial charge on any atom is -0.441 e. The number of amides is 1. The zero-order valence-electron chi connectivity index (χ0n) is 16.7. The lowest BCUT2D eigenvalue weighted by molar-refractivity contribution is -0.137. The highest BCUT2D eigenvalue weighted by Crippen LogP contribution is 2.40. The van der Waals surface area contributed by atoms with Crippen LogP contribution in [0.5, 0.6) is 0 Å². The lowest BCUT2D eigenvalue weighted by atomic mass is 10.0. The third kappa shape index (κ3) is 3.67. The Morgan fingerprint density at radius 3 is 2.61 bits per heavy atom. The number of hydrogen-bond donors (Lipinski definition) is 2. The summed E-state index contributed by atoms with van der Waals surface area (Å²) in [6.45, 7) is 3.01. The molecule has 2 bridgehead atoms. The van der Waals surface area contributed by atoms with Crippen molar-refractivity contribution in [1.29, 1.82) is 0 Å². The fraction of sp³-hybridized carbons (Fsp3) is 0.500. The molecule has 11 heteroatoms. The summed E-state index contributed by atoms with van der Waals surface area (Å²) < 4.78 is 46.6. The van der Waals surface area contributed by atoms with E-state index < -0.39 is 23.9 Å². The van der Waals surface area contributed by atoms with Gasteiger partial charge in [0.05, 0.1) is 16.8 Å². The molecule has 5 rings (SSSR count). The van der Waals surface area contributed by atoms with E-state index in [0.29, 0.717) is 25.1 Å². The highest BCUT2D eigenvalue weighted by atomic mass is 19.4. The highest BCUT2D eigenvalue weighted by Gasteiger charge is 2.37. The van der Waals surface area contributed by atoms with Gasteiger partial charge in [-0.2, -0.15) is 13.2 Å². The monoisotopic (exact) mass is 434 g/mol. The molecule has 1 amide bonds. The molecule has 2 aromatic heterocycles. The molecule has 3 aliphatic heterocycles. The number of anilines is 2. The Labute approximate surface area is 176 Å². The molecule has 0 aromatic carbocycles. The van der Waals surface area contributed by atoms with Crippen LogP contribution in [-0.2, 0) is 10.9 Å². The zero-order valence-corrected chi connectivity index (χ0v) is 16.7. The maximum atomic E-state index is 13.8. The van der Waals surface area contributed by atoms with Gasteiger partial charge in [0.25, 0.3) is 0 Å². The molecule has 3 unspecified atom stereocenters. The zero-order chi connectivity index (χ0) is 21.8. The topological polar surface area (TPSA) is 92.3 Å². The minimum absolute atomic E-state index is 0.0764. The second kappa shape index (κ2) is 7.33. The average Bonchev–Trinajstić information content (AvgIpc) is 3.09. The molecule has 0 saturated carbocycles. The fourth-order valence-electron chi connectivity index (χ4n) is 4.55. The van der Waals surface area contributed by atoms with Crippen molar-refractivity contribution in [3.8, 4) is 11.4 Å². The quantitative estimate of drug-likeness (QED) is 0.764. The van der Waals surface area contributed by atoms with E-state index in [0.717, 1.165) is 25.0 Å². The van der Waals surface area contributed by atoms with Crippen LogP contribution in [0.15, 0.2) is 18.5 Å². The largest absolute Gasteiger partial charge is 0.441 e. The molecular weight excluding hydrogens is 413 g/mol. The Balaban J connectivity index is 1.63. The van der Waals surface area contributed by atoms with E-state index in [9.17, 15) is 18.0 Å². The Morgan fingerprint density at radius 1 is 1.19 bits per heavy atom. The van der Waals surface area contributed by atoms with E-state index >= 15 is 0 Å². The summed E-state index contributed by atoms with van der Waals surface area (Å²) in [5.41, 5.74) is -0.0582. The number of nitrogens with zero attached hydrogens (tertiary/aromatic N) is 4. The van der Waals surface area contributed by atoms with Gasteiger partial charge < -0.3 is 15.0 Å². The Morgan fingerprint density at radius 2 is 1.94 bits per heavy atom. The molecule has 3 aliphatic rings. The summed E-state index contributed by atoms with van der Waals surface area (Å²) >= 11 is 0. The van der Waals surface area contributed by atoms with Crippen LogP contribution in [0.25, 0.3) is 11.4 Å². The van der Waals surface area contributed by atoms with Crippen LogP contribution < -0.4 is 15.5 Å². The van der Waals surface area contributed by atoms with Crippen LogP contribution >= 0.6 is 0 Å². The fourth-order valence-corrected chi connectivity index (χ4v) is 4.55. The van der Waals surface area contributed by atoms with Crippen molar-refractivity contribution >= 4 is 17.7 Å². The standard InChI is InChI=1S/C20H21F3N6O2/c1-2-14-16-17(24-9-25-18(16)28-19(30)31-14)13-5-10(20(21,22)23)6-15(27-13)29-7-11-3-4-12(8-29)26-11/h5-6,9,11-12,14,26H,2-4,7-8H2,1H3,(H,24,25,28,30). The van der Waals surface area contributed by atoms with E-state index in [-0.39, 0.29) is 35.1 Å². The van der Waals surface area contributed by atoms with Gasteiger partial charge in [0.1, 0.15) is 29.8 Å². The number of halogens is 3. The molecule has 2 saturated heterocycles. The normalized spacial score (nSPS) is 25.1. The number of aromatic nitrogens is 3. The summed E-state index contributed by atoms with van der Waals surface area (Å²) in [6, 6.07) is 2.58. The van der Waals surface area contributed by atoms with Gasteiger partial charge in [-0.15, -0.1) is 0 Å². The molecule has 0 aliphatic carbocycles. The first-order valence-corrected chi connectivity index (χ1v) is 10.2. The van der Waals surface area contributed by atoms with Gasteiger partial charge in [-0.25, -0.2) is 19.7 Å². The van der Waals surface area contributed by atoms with Crippen LogP contribution in [0, 0.1) is 0 Å². The molecular formula is C20H21F3N6O2. The number of pyridine rings is 1. The van der Waals surface area contributed by atoms with Crippen LogP contribution in [0.3, 0.4) is 0 Å². The summed E-state index contributed by atoms with van der Waals surface area (Å²) in [6.07, 6.45) is -2.23. The number of fused-ring (bicyclic) bond motifs is 3. The summed E-state index contributed by atoms with van der Waals surface area (Å²) in [5, 5.41) is 5.97. The van der Waals surface area contributed by atoms with E-state index in [1.54, 1.807) is 0 Å². The number of ether oxygens (including phenoxy) is 1. The van der Waals surface area contributed by atoms with Gasteiger partial charge in [0, 0.05) is 25.2 Å². The van der Waals surface area contributed by atoms with Crippen molar-refractivity contribution in [3.63, 3.8) is 0 Å². The second-order valence-corrected chi connectivity index (χ2v) is 8.05. The predicted octanol–water partition coefficient (Wildman–Crippen LogP) is 3.51. The maximum Gasteiger partial charge on any atom is 0.416 e. The van der Waals surface area contributed by atoms with E-state index in [1.165, 1.54) is 6.33 Å². The van der Waals surface area contributed by atoms with E-state index in [2.05, 4.69) is 25.6 Å². The van der Waals surface area contributed by atoms with Crippen LogP contribution in [0.2, 0.25) is 0 Å². The Kier molecular flexibility index (Phi) is 4.72. The number of carbonyl (C=O) groups excluding carboxylic acids is 1. The molecule has 0 radical (unpaired) electrons. The lowest BCUT2D eigenvalue weighted by Gasteiger charge is -2.34. The number of cyclic esters (lactones) is 1. The predicted molar refractivity (Wildman–Crippen MR) is 106 cm³/mol. The molecule has 164 valence electrons. The van der Waals surface area contributed by atoms with Gasteiger partial charge in [0.2, 0.25) is 0 Å². The van der Waals surface area contributed by atoms with Gasteiger partial charge in [-0.05, 0) is 31.4 Å². The molecule has 3 atom stereocenters. The van der Waals surface area contributed by atoms with Crippen LogP contribution in [0.1, 0.15) is 43.4 Å². The average molecular weight is 434 g/mol. The molecule has 2 aromatic rings. The van der Waals surface area contributed by atoms with Gasteiger partial charge in [-0.3, -0.25) is 5.32 Å². The minimum atomic E-state index is -4.54. The second-order valence-electron chi connectivity index (χ2n) is 8.05. The number of piperazine rings is 1. The molecule has 8 nitrogen and oxygen atoms in total. The van der Waals surface area contributed by atoms with E-state index in [4.69, 9.17) is 4.74 Å². The lowest BCUT2D eigenvalue weighted by Crippen LogP contribution is -2.51. The van der Waals surface area contributed by atoms with E-state index in [1.807, 2.05) is 11.8 Å². The number of nitrogens with one attached hydrogen (secondary N) is 2. The molecule has 31 heavy (non-hydrogen) atoms. The van der Waals surface area contributed by atoms with Gasteiger partial charge in [-0.1, -0.05) is 6.92 Å². The highest BCUT2D eigenvalue weighted by molar-refractivity contribution is 5.88.